The number of pyridine rings is 1. The van der Waals surface area contributed by atoms with Gasteiger partial charge in [-0.3, -0.25) is 19.1 Å². The van der Waals surface area contributed by atoms with Crippen molar-refractivity contribution in [2.45, 2.75) is 71.6 Å². The average molecular weight is 561 g/mol. The first-order valence-electron chi connectivity index (χ1n) is 14.3. The molecule has 2 aliphatic carbocycles. The molecule has 4 aromatic heterocycles. The van der Waals surface area contributed by atoms with Gasteiger partial charge in [-0.15, -0.1) is 0 Å². The Kier molecular flexibility index (Phi) is 6.88. The number of amides is 3. The van der Waals surface area contributed by atoms with E-state index in [1.165, 1.54) is 6.92 Å². The molecule has 216 valence electrons. The van der Waals surface area contributed by atoms with Crippen molar-refractivity contribution in [3.63, 3.8) is 0 Å². The number of imidazole rings is 1. The number of hydrogen-bond donors (Lipinski definition) is 3. The van der Waals surface area contributed by atoms with Crippen LogP contribution in [0.4, 0.5) is 11.6 Å². The largest absolute Gasteiger partial charge is 0.355 e. The number of fused-ring (bicyclic) bond motifs is 3. The van der Waals surface area contributed by atoms with E-state index in [1.807, 2.05) is 36.1 Å². The molecule has 6 rings (SSSR count). The van der Waals surface area contributed by atoms with Crippen molar-refractivity contribution < 1.29 is 14.4 Å². The van der Waals surface area contributed by atoms with Crippen molar-refractivity contribution in [2.75, 3.05) is 18.4 Å². The van der Waals surface area contributed by atoms with Gasteiger partial charge in [0.1, 0.15) is 22.6 Å². The van der Waals surface area contributed by atoms with Crippen LogP contribution in [0.5, 0.6) is 0 Å². The normalized spacial score (nSPS) is 14.9. The second kappa shape index (κ2) is 10.5. The van der Waals surface area contributed by atoms with Gasteiger partial charge in [-0.2, -0.15) is 5.10 Å². The third-order valence-electron chi connectivity index (χ3n) is 7.70. The highest BCUT2D eigenvalue weighted by atomic mass is 16.2. The summed E-state index contributed by atoms with van der Waals surface area (Å²) in [5.74, 6) is 0.596. The van der Waals surface area contributed by atoms with Gasteiger partial charge in [0.2, 0.25) is 5.91 Å². The minimum absolute atomic E-state index is 0.0792. The number of carbonyl (C=O) groups excluding carboxylic acids is 3. The Morgan fingerprint density at radius 2 is 1.71 bits per heavy atom. The van der Waals surface area contributed by atoms with Crippen LogP contribution in [0.25, 0.3) is 22.1 Å². The lowest BCUT2D eigenvalue weighted by Gasteiger charge is -2.22. The number of carbonyl (C=O) groups is 3. The number of aryl methyl sites for hydroxylation is 3. The zero-order valence-electron chi connectivity index (χ0n) is 23.9. The summed E-state index contributed by atoms with van der Waals surface area (Å²) in [6.45, 7) is 7.09. The Morgan fingerprint density at radius 3 is 2.34 bits per heavy atom. The molecule has 2 saturated carbocycles. The van der Waals surface area contributed by atoms with Crippen molar-refractivity contribution in [1.82, 2.24) is 44.4 Å². The van der Waals surface area contributed by atoms with E-state index in [9.17, 15) is 14.4 Å². The fraction of sp³-hybridized carbons (Fsp3) is 0.500. The molecule has 0 aliphatic heterocycles. The van der Waals surface area contributed by atoms with Gasteiger partial charge in [0.15, 0.2) is 11.6 Å². The molecule has 0 bridgehead atoms. The summed E-state index contributed by atoms with van der Waals surface area (Å²) < 4.78 is 5.54. The molecule has 2 fully saturated rings. The second-order valence-electron chi connectivity index (χ2n) is 10.8. The van der Waals surface area contributed by atoms with Crippen LogP contribution in [-0.2, 0) is 24.9 Å². The Balaban J connectivity index is 1.35. The maximum atomic E-state index is 13.8. The highest BCUT2D eigenvalue weighted by Gasteiger charge is 2.43. The molecule has 0 radical (unpaired) electrons. The van der Waals surface area contributed by atoms with Crippen LogP contribution in [0, 0.1) is 0 Å². The molecule has 0 aromatic carbocycles. The molecule has 3 N–H and O–H groups in total. The minimum Gasteiger partial charge on any atom is -0.355 e. The lowest BCUT2D eigenvalue weighted by Crippen LogP contribution is -2.36. The predicted octanol–water partition coefficient (Wildman–Crippen LogP) is 2.54. The highest BCUT2D eigenvalue weighted by Crippen LogP contribution is 2.39. The molecular formula is C28H36N10O3. The summed E-state index contributed by atoms with van der Waals surface area (Å²) >= 11 is 0. The van der Waals surface area contributed by atoms with Crippen molar-refractivity contribution in [1.29, 1.82) is 0 Å². The first-order valence-corrected chi connectivity index (χ1v) is 14.3. The topological polar surface area (TPSA) is 144 Å². The van der Waals surface area contributed by atoms with Gasteiger partial charge in [-0.25, -0.2) is 9.97 Å². The quantitative estimate of drug-likeness (QED) is 0.239. The molecule has 4 heterocycles. The Hall–Kier alpha value is -4.42. The van der Waals surface area contributed by atoms with E-state index in [2.05, 4.69) is 30.9 Å². The fourth-order valence-corrected chi connectivity index (χ4v) is 5.49. The van der Waals surface area contributed by atoms with E-state index in [4.69, 9.17) is 4.98 Å². The molecule has 2 aliphatic rings. The SMILES string of the molecule is CCn1nc(Nc2nc3c(cc(C(=O)N(C4CC4)C4CC4)n3CC)c3c2ncn3C)cc1C(=O)NCCNC(C)=O. The van der Waals surface area contributed by atoms with E-state index in [1.54, 1.807) is 17.1 Å². The monoisotopic (exact) mass is 560 g/mol. The lowest BCUT2D eigenvalue weighted by molar-refractivity contribution is -0.118. The van der Waals surface area contributed by atoms with Crippen LogP contribution in [0.1, 0.15) is 67.4 Å². The predicted molar refractivity (Wildman–Crippen MR) is 154 cm³/mol. The maximum Gasteiger partial charge on any atom is 0.271 e. The molecule has 0 saturated heterocycles. The number of anilines is 2. The van der Waals surface area contributed by atoms with Gasteiger partial charge >= 0.3 is 0 Å². The van der Waals surface area contributed by atoms with Gasteiger partial charge in [0.25, 0.3) is 11.8 Å². The molecule has 13 nitrogen and oxygen atoms in total. The zero-order valence-corrected chi connectivity index (χ0v) is 23.9. The second-order valence-corrected chi connectivity index (χ2v) is 10.8. The minimum atomic E-state index is -0.289. The summed E-state index contributed by atoms with van der Waals surface area (Å²) in [6, 6.07) is 4.35. The van der Waals surface area contributed by atoms with Crippen LogP contribution in [0.3, 0.4) is 0 Å². The van der Waals surface area contributed by atoms with E-state index in [0.29, 0.717) is 72.5 Å². The van der Waals surface area contributed by atoms with Crippen molar-refractivity contribution in [2.24, 2.45) is 7.05 Å². The van der Waals surface area contributed by atoms with E-state index in [-0.39, 0.29) is 17.7 Å². The third kappa shape index (κ3) is 5.00. The Bertz CT molecular complexity index is 1640. The van der Waals surface area contributed by atoms with Crippen LogP contribution in [0.2, 0.25) is 0 Å². The molecule has 13 heteroatoms. The molecule has 3 amide bonds. The molecule has 0 spiro atoms. The summed E-state index contributed by atoms with van der Waals surface area (Å²) in [6.07, 6.45) is 6.04. The third-order valence-corrected chi connectivity index (χ3v) is 7.70. The summed E-state index contributed by atoms with van der Waals surface area (Å²) in [5, 5.41) is 14.2. The average Bonchev–Trinajstić information content (AvgIpc) is 3.86. The van der Waals surface area contributed by atoms with Crippen molar-refractivity contribution in [3.05, 3.63) is 29.8 Å². The zero-order chi connectivity index (χ0) is 28.8. The number of nitrogens with one attached hydrogen (secondary N) is 3. The van der Waals surface area contributed by atoms with E-state index in [0.717, 1.165) is 36.6 Å². The smallest absolute Gasteiger partial charge is 0.271 e. The van der Waals surface area contributed by atoms with Crippen LogP contribution < -0.4 is 16.0 Å². The number of hydrogen-bond acceptors (Lipinski definition) is 7. The van der Waals surface area contributed by atoms with Crippen LogP contribution in [-0.4, -0.2) is 76.7 Å². The Morgan fingerprint density at radius 1 is 1.00 bits per heavy atom. The summed E-state index contributed by atoms with van der Waals surface area (Å²) in [4.78, 5) is 49.5. The van der Waals surface area contributed by atoms with Crippen molar-refractivity contribution in [3.8, 4) is 0 Å². The first kappa shape index (κ1) is 26.8. The van der Waals surface area contributed by atoms with Crippen LogP contribution >= 0.6 is 0 Å². The van der Waals surface area contributed by atoms with E-state index < -0.39 is 0 Å². The Labute approximate surface area is 237 Å². The van der Waals surface area contributed by atoms with E-state index >= 15 is 0 Å². The van der Waals surface area contributed by atoms with Gasteiger partial charge in [-0.1, -0.05) is 0 Å². The molecule has 4 aromatic rings. The van der Waals surface area contributed by atoms with Crippen molar-refractivity contribution >= 4 is 51.4 Å². The highest BCUT2D eigenvalue weighted by molar-refractivity contribution is 6.10. The van der Waals surface area contributed by atoms with Gasteiger partial charge in [-0.05, 0) is 45.6 Å². The van der Waals surface area contributed by atoms with Crippen LogP contribution in [0.15, 0.2) is 18.5 Å². The van der Waals surface area contributed by atoms with Gasteiger partial charge < -0.3 is 30.0 Å². The molecule has 41 heavy (non-hydrogen) atoms. The lowest BCUT2D eigenvalue weighted by atomic mass is 10.2. The van der Waals surface area contributed by atoms with Gasteiger partial charge in [0.05, 0.1) is 11.8 Å². The standard InChI is InChI=1S/C28H36N10O3/c1-5-36-21(28(41)38(17-7-8-17)18-9-10-18)13-19-24-23(31-15-35(24)4)25(33-26(19)36)32-22-14-20(37(6-2)34-22)27(40)30-12-11-29-16(3)39/h13-15,17-18H,5-12H2,1-4H3,(H,29,39)(H,30,40)(H,32,33,34). The maximum absolute atomic E-state index is 13.8. The molecule has 0 unspecified atom stereocenters. The number of rotatable bonds is 11. The summed E-state index contributed by atoms with van der Waals surface area (Å²) in [7, 11) is 1.93. The number of aromatic nitrogens is 6. The molecule has 0 atom stereocenters. The summed E-state index contributed by atoms with van der Waals surface area (Å²) in [5.41, 5.74) is 3.27. The molecular weight excluding hydrogens is 524 g/mol. The van der Waals surface area contributed by atoms with Gasteiger partial charge in [0, 0.05) is 63.7 Å². The first-order chi connectivity index (χ1) is 19.8. The number of nitrogens with zero attached hydrogens (tertiary/aromatic N) is 7. The fourth-order valence-electron chi connectivity index (χ4n) is 5.49.